The van der Waals surface area contributed by atoms with Crippen LogP contribution in [-0.2, 0) is 5.41 Å². The normalized spacial score (nSPS) is 13.6. The Labute approximate surface area is 167 Å². The van der Waals surface area contributed by atoms with Gasteiger partial charge in [-0.3, -0.25) is 0 Å². The summed E-state index contributed by atoms with van der Waals surface area (Å²) in [6.07, 6.45) is 7.50. The zero-order valence-electron chi connectivity index (χ0n) is 18.1. The molecule has 0 aliphatic heterocycles. The van der Waals surface area contributed by atoms with Crippen LogP contribution in [0.15, 0.2) is 48.5 Å². The lowest BCUT2D eigenvalue weighted by Crippen LogP contribution is -2.25. The van der Waals surface area contributed by atoms with Crippen molar-refractivity contribution in [2.24, 2.45) is 5.92 Å². The van der Waals surface area contributed by atoms with Gasteiger partial charge in [-0.1, -0.05) is 95.3 Å². The van der Waals surface area contributed by atoms with Crippen molar-refractivity contribution in [3.8, 4) is 5.75 Å². The fraction of sp³-hybridized carbons (Fsp3) is 0.538. The van der Waals surface area contributed by atoms with Gasteiger partial charge in [0.1, 0.15) is 5.75 Å². The molecule has 0 aliphatic carbocycles. The van der Waals surface area contributed by atoms with Crippen molar-refractivity contribution in [3.05, 3.63) is 65.2 Å². The largest absolute Gasteiger partial charge is 0.494 e. The molecule has 2 rings (SSSR count). The van der Waals surface area contributed by atoms with E-state index in [9.17, 15) is 0 Å². The quantitative estimate of drug-likeness (QED) is 0.370. The molecule has 0 aliphatic rings. The van der Waals surface area contributed by atoms with Crippen LogP contribution < -0.4 is 4.74 Å². The van der Waals surface area contributed by atoms with Gasteiger partial charge in [0.05, 0.1) is 6.61 Å². The number of aryl methyl sites for hydroxylation is 1. The maximum atomic E-state index is 5.96. The van der Waals surface area contributed by atoms with Gasteiger partial charge in [-0.25, -0.2) is 0 Å². The molecule has 148 valence electrons. The number of hydrogen-bond donors (Lipinski definition) is 0. The highest BCUT2D eigenvalue weighted by atomic mass is 16.5. The lowest BCUT2D eigenvalue weighted by molar-refractivity contribution is 0.304. The first kappa shape index (κ1) is 21.5. The number of unbranched alkanes of at least 4 members (excludes halogenated alkanes) is 4. The van der Waals surface area contributed by atoms with E-state index in [1.54, 1.807) is 0 Å². The molecule has 0 bridgehead atoms. The molecule has 0 radical (unpaired) electrons. The summed E-state index contributed by atoms with van der Waals surface area (Å²) in [6, 6.07) is 17.8. The zero-order valence-corrected chi connectivity index (χ0v) is 18.1. The molecule has 0 N–H and O–H groups in total. The van der Waals surface area contributed by atoms with Crippen molar-refractivity contribution in [1.29, 1.82) is 0 Å². The number of rotatable bonds is 11. The molecule has 0 saturated heterocycles. The minimum absolute atomic E-state index is 0.0283. The zero-order chi connectivity index (χ0) is 19.7. The lowest BCUT2D eigenvalue weighted by atomic mass is 9.71. The monoisotopic (exact) mass is 366 g/mol. The predicted octanol–water partition coefficient (Wildman–Crippen LogP) is 7.70. The Balaban J connectivity index is 2.07. The Kier molecular flexibility index (Phi) is 8.41. The number of benzene rings is 2. The van der Waals surface area contributed by atoms with Crippen molar-refractivity contribution in [2.45, 2.75) is 78.6 Å². The third kappa shape index (κ3) is 6.41. The third-order valence-corrected chi connectivity index (χ3v) is 5.51. The predicted molar refractivity (Wildman–Crippen MR) is 118 cm³/mol. The van der Waals surface area contributed by atoms with Crippen LogP contribution in [0.5, 0.6) is 5.75 Å². The van der Waals surface area contributed by atoms with Crippen molar-refractivity contribution in [2.75, 3.05) is 6.61 Å². The minimum atomic E-state index is 0.0283. The Hall–Kier alpha value is -1.76. The second-order valence-corrected chi connectivity index (χ2v) is 8.58. The topological polar surface area (TPSA) is 9.23 Å². The van der Waals surface area contributed by atoms with Gasteiger partial charge in [0.25, 0.3) is 0 Å². The van der Waals surface area contributed by atoms with Crippen LogP contribution in [0, 0.1) is 12.8 Å². The van der Waals surface area contributed by atoms with Crippen LogP contribution in [0.1, 0.15) is 82.9 Å². The van der Waals surface area contributed by atoms with E-state index in [4.69, 9.17) is 4.74 Å². The SMILES string of the molecule is CCCCCCCOc1ccc(C(C)(CC(C)C)c2ccc(C)cc2)cc1. The molecule has 1 atom stereocenters. The van der Waals surface area contributed by atoms with Crippen LogP contribution in [-0.4, -0.2) is 6.61 Å². The summed E-state index contributed by atoms with van der Waals surface area (Å²) in [5.41, 5.74) is 4.11. The molecule has 0 aromatic heterocycles. The van der Waals surface area contributed by atoms with Gasteiger partial charge in [0.2, 0.25) is 0 Å². The van der Waals surface area contributed by atoms with Crippen LogP contribution in [0.4, 0.5) is 0 Å². The molecule has 2 aromatic carbocycles. The second-order valence-electron chi connectivity index (χ2n) is 8.58. The summed E-state index contributed by atoms with van der Waals surface area (Å²) >= 11 is 0. The highest BCUT2D eigenvalue weighted by molar-refractivity contribution is 5.41. The molecule has 0 fully saturated rings. The summed E-state index contributed by atoms with van der Waals surface area (Å²) in [6.45, 7) is 12.2. The van der Waals surface area contributed by atoms with Crippen molar-refractivity contribution in [3.63, 3.8) is 0 Å². The van der Waals surface area contributed by atoms with Crippen LogP contribution in [0.25, 0.3) is 0 Å². The minimum Gasteiger partial charge on any atom is -0.494 e. The first-order valence-electron chi connectivity index (χ1n) is 10.8. The average molecular weight is 367 g/mol. The Bertz CT molecular complexity index is 654. The van der Waals surface area contributed by atoms with E-state index >= 15 is 0 Å². The molecule has 1 heteroatoms. The molecular weight excluding hydrogens is 328 g/mol. The van der Waals surface area contributed by atoms with E-state index in [1.165, 1.54) is 42.4 Å². The van der Waals surface area contributed by atoms with Crippen molar-refractivity contribution < 1.29 is 4.74 Å². The third-order valence-electron chi connectivity index (χ3n) is 5.51. The summed E-state index contributed by atoms with van der Waals surface area (Å²) in [5, 5.41) is 0. The van der Waals surface area contributed by atoms with E-state index in [2.05, 4.69) is 83.1 Å². The van der Waals surface area contributed by atoms with E-state index < -0.39 is 0 Å². The van der Waals surface area contributed by atoms with E-state index in [0.717, 1.165) is 25.2 Å². The maximum Gasteiger partial charge on any atom is 0.119 e. The van der Waals surface area contributed by atoms with Gasteiger partial charge >= 0.3 is 0 Å². The highest BCUT2D eigenvalue weighted by Gasteiger charge is 2.29. The number of hydrogen-bond acceptors (Lipinski definition) is 1. The molecule has 1 nitrogen and oxygen atoms in total. The summed E-state index contributed by atoms with van der Waals surface area (Å²) in [4.78, 5) is 0. The smallest absolute Gasteiger partial charge is 0.119 e. The molecule has 0 saturated carbocycles. The molecule has 27 heavy (non-hydrogen) atoms. The summed E-state index contributed by atoms with van der Waals surface area (Å²) in [5.74, 6) is 1.63. The second kappa shape index (κ2) is 10.5. The summed E-state index contributed by atoms with van der Waals surface area (Å²) in [7, 11) is 0. The number of ether oxygens (including phenoxy) is 1. The van der Waals surface area contributed by atoms with Crippen molar-refractivity contribution in [1.82, 2.24) is 0 Å². The van der Waals surface area contributed by atoms with Crippen LogP contribution >= 0.6 is 0 Å². The first-order valence-corrected chi connectivity index (χ1v) is 10.8. The van der Waals surface area contributed by atoms with Crippen LogP contribution in [0.3, 0.4) is 0 Å². The fourth-order valence-corrected chi connectivity index (χ4v) is 3.95. The molecule has 1 unspecified atom stereocenters. The summed E-state index contributed by atoms with van der Waals surface area (Å²) < 4.78 is 5.96. The molecular formula is C26H38O. The molecule has 0 heterocycles. The Morgan fingerprint density at radius 2 is 1.37 bits per heavy atom. The van der Waals surface area contributed by atoms with E-state index in [-0.39, 0.29) is 5.41 Å². The maximum absolute atomic E-state index is 5.96. The van der Waals surface area contributed by atoms with Gasteiger partial charge in [0.15, 0.2) is 0 Å². The van der Waals surface area contributed by atoms with Gasteiger partial charge in [-0.2, -0.15) is 0 Å². The fourth-order valence-electron chi connectivity index (χ4n) is 3.95. The average Bonchev–Trinajstić information content (AvgIpc) is 2.65. The van der Waals surface area contributed by atoms with Gasteiger partial charge in [0, 0.05) is 5.41 Å². The molecule has 0 spiro atoms. The van der Waals surface area contributed by atoms with Gasteiger partial charge in [-0.15, -0.1) is 0 Å². The van der Waals surface area contributed by atoms with Crippen molar-refractivity contribution >= 4 is 0 Å². The standard InChI is InChI=1S/C26H38O/c1-6-7-8-9-10-19-27-25-17-15-24(16-18-25)26(5,20-21(2)3)23-13-11-22(4)12-14-23/h11-18,21H,6-10,19-20H2,1-5H3. The molecule has 2 aromatic rings. The highest BCUT2D eigenvalue weighted by Crippen LogP contribution is 2.38. The Morgan fingerprint density at radius 3 is 1.93 bits per heavy atom. The van der Waals surface area contributed by atoms with E-state index in [1.807, 2.05) is 0 Å². The lowest BCUT2D eigenvalue weighted by Gasteiger charge is -2.33. The first-order chi connectivity index (χ1) is 13.0. The van der Waals surface area contributed by atoms with Crippen LogP contribution in [0.2, 0.25) is 0 Å². The van der Waals surface area contributed by atoms with Gasteiger partial charge < -0.3 is 4.74 Å². The Morgan fingerprint density at radius 1 is 0.815 bits per heavy atom. The molecule has 0 amide bonds. The van der Waals surface area contributed by atoms with Gasteiger partial charge in [-0.05, 0) is 48.9 Å². The van der Waals surface area contributed by atoms with E-state index in [0.29, 0.717) is 5.92 Å².